The van der Waals surface area contributed by atoms with Gasteiger partial charge >= 0.3 is 0 Å². The maximum atomic E-state index is 12.9. The van der Waals surface area contributed by atoms with Crippen molar-refractivity contribution in [3.8, 4) is 0 Å². The largest absolute Gasteiger partial charge is 0.314 e. The standard InChI is InChI=1S/C11H16FN3O2S.ClH/c12-9-6-11(8-13-7-9)18(16,17)15-5-3-10-2-1-4-14-10;/h6-8,10,14-15H,1-5H2;1H/t10-;/m1./s1. The Morgan fingerprint density at radius 1 is 1.47 bits per heavy atom. The average molecular weight is 310 g/mol. The Labute approximate surface area is 118 Å². The number of nitrogens with zero attached hydrogens (tertiary/aromatic N) is 1. The number of rotatable bonds is 5. The summed E-state index contributed by atoms with van der Waals surface area (Å²) in [5, 5.41) is 3.28. The van der Waals surface area contributed by atoms with Crippen LogP contribution in [0, 0.1) is 5.82 Å². The van der Waals surface area contributed by atoms with Crippen LogP contribution in [0.15, 0.2) is 23.4 Å². The summed E-state index contributed by atoms with van der Waals surface area (Å²) in [4.78, 5) is 3.39. The minimum Gasteiger partial charge on any atom is -0.314 e. The first-order chi connectivity index (χ1) is 8.58. The van der Waals surface area contributed by atoms with Gasteiger partial charge in [0.05, 0.1) is 6.20 Å². The van der Waals surface area contributed by atoms with Crippen LogP contribution >= 0.6 is 12.4 Å². The van der Waals surface area contributed by atoms with E-state index in [-0.39, 0.29) is 17.3 Å². The van der Waals surface area contributed by atoms with Crippen LogP contribution in [0.2, 0.25) is 0 Å². The lowest BCUT2D eigenvalue weighted by Crippen LogP contribution is -2.30. The van der Waals surface area contributed by atoms with Crippen molar-refractivity contribution in [3.05, 3.63) is 24.3 Å². The molecule has 2 rings (SSSR count). The van der Waals surface area contributed by atoms with Crippen molar-refractivity contribution in [1.82, 2.24) is 15.0 Å². The molecule has 0 unspecified atom stereocenters. The van der Waals surface area contributed by atoms with Crippen LogP contribution in [0.1, 0.15) is 19.3 Å². The Balaban J connectivity index is 0.00000180. The maximum Gasteiger partial charge on any atom is 0.242 e. The molecule has 1 aliphatic rings. The van der Waals surface area contributed by atoms with Gasteiger partial charge in [-0.2, -0.15) is 0 Å². The Morgan fingerprint density at radius 3 is 2.89 bits per heavy atom. The molecule has 1 aromatic heterocycles. The van der Waals surface area contributed by atoms with Gasteiger partial charge in [-0.05, 0) is 31.9 Å². The molecule has 0 amide bonds. The number of aromatic nitrogens is 1. The Bertz CT molecular complexity index is 506. The normalized spacial score (nSPS) is 19.1. The highest BCUT2D eigenvalue weighted by atomic mass is 35.5. The van der Waals surface area contributed by atoms with Gasteiger partial charge < -0.3 is 5.32 Å². The van der Waals surface area contributed by atoms with Crippen molar-refractivity contribution >= 4 is 22.4 Å². The SMILES string of the molecule is Cl.O=S(=O)(NCC[C@H]1CCCN1)c1cncc(F)c1. The van der Waals surface area contributed by atoms with Crippen molar-refractivity contribution in [2.45, 2.75) is 30.2 Å². The molecule has 1 aliphatic heterocycles. The topological polar surface area (TPSA) is 71.1 Å². The van der Waals surface area contributed by atoms with E-state index in [1.165, 1.54) is 0 Å². The highest BCUT2D eigenvalue weighted by Crippen LogP contribution is 2.10. The van der Waals surface area contributed by atoms with Crippen LogP contribution in [-0.2, 0) is 10.0 Å². The van der Waals surface area contributed by atoms with Gasteiger partial charge in [-0.15, -0.1) is 12.4 Å². The second-order valence-electron chi connectivity index (χ2n) is 4.32. The van der Waals surface area contributed by atoms with E-state index in [0.717, 1.165) is 44.3 Å². The fraction of sp³-hybridized carbons (Fsp3) is 0.545. The number of pyridine rings is 1. The minimum atomic E-state index is -3.65. The molecule has 1 fully saturated rings. The second kappa shape index (κ2) is 7.14. The predicted molar refractivity (Wildman–Crippen MR) is 72.3 cm³/mol. The zero-order valence-electron chi connectivity index (χ0n) is 10.3. The number of sulfonamides is 1. The molecule has 108 valence electrons. The van der Waals surface area contributed by atoms with E-state index in [2.05, 4.69) is 15.0 Å². The van der Waals surface area contributed by atoms with E-state index in [4.69, 9.17) is 0 Å². The first kappa shape index (κ1) is 16.3. The van der Waals surface area contributed by atoms with Crippen LogP contribution < -0.4 is 10.0 Å². The van der Waals surface area contributed by atoms with Crippen LogP contribution in [0.4, 0.5) is 4.39 Å². The van der Waals surface area contributed by atoms with Crippen molar-refractivity contribution in [1.29, 1.82) is 0 Å². The quantitative estimate of drug-likeness (QED) is 0.853. The van der Waals surface area contributed by atoms with Crippen LogP contribution in [0.25, 0.3) is 0 Å². The van der Waals surface area contributed by atoms with E-state index in [1.807, 2.05) is 0 Å². The lowest BCUT2D eigenvalue weighted by molar-refractivity contribution is 0.538. The zero-order valence-corrected chi connectivity index (χ0v) is 11.9. The van der Waals surface area contributed by atoms with Gasteiger partial charge in [0.15, 0.2) is 0 Å². The van der Waals surface area contributed by atoms with E-state index in [1.54, 1.807) is 0 Å². The third-order valence-electron chi connectivity index (χ3n) is 2.94. The summed E-state index contributed by atoms with van der Waals surface area (Å²) in [7, 11) is -3.65. The monoisotopic (exact) mass is 309 g/mol. The summed E-state index contributed by atoms with van der Waals surface area (Å²) in [6.45, 7) is 1.34. The zero-order chi connectivity index (χ0) is 13.0. The summed E-state index contributed by atoms with van der Waals surface area (Å²) in [6, 6.07) is 1.33. The third-order valence-corrected chi connectivity index (χ3v) is 4.37. The molecule has 1 aromatic rings. The Kier molecular flexibility index (Phi) is 6.12. The van der Waals surface area contributed by atoms with Gasteiger partial charge in [0.1, 0.15) is 10.7 Å². The molecule has 2 heterocycles. The molecule has 1 atom stereocenters. The van der Waals surface area contributed by atoms with Crippen molar-refractivity contribution in [2.75, 3.05) is 13.1 Å². The first-order valence-electron chi connectivity index (χ1n) is 5.91. The van der Waals surface area contributed by atoms with Crippen molar-refractivity contribution < 1.29 is 12.8 Å². The van der Waals surface area contributed by atoms with E-state index >= 15 is 0 Å². The van der Waals surface area contributed by atoms with Crippen molar-refractivity contribution in [3.63, 3.8) is 0 Å². The molecule has 2 N–H and O–H groups in total. The van der Waals surface area contributed by atoms with Gasteiger partial charge in [-0.1, -0.05) is 0 Å². The molecule has 0 aliphatic carbocycles. The molecule has 0 radical (unpaired) electrons. The summed E-state index contributed by atoms with van der Waals surface area (Å²) in [5.41, 5.74) is 0. The molecule has 19 heavy (non-hydrogen) atoms. The minimum absolute atomic E-state index is 0. The average Bonchev–Trinajstić information content (AvgIpc) is 2.82. The van der Waals surface area contributed by atoms with Gasteiger partial charge in [0.2, 0.25) is 10.0 Å². The number of nitrogens with one attached hydrogen (secondary N) is 2. The molecular weight excluding hydrogens is 293 g/mol. The maximum absolute atomic E-state index is 12.9. The van der Waals surface area contributed by atoms with Crippen LogP contribution in [0.5, 0.6) is 0 Å². The Hall–Kier alpha value is -0.760. The van der Waals surface area contributed by atoms with Gasteiger partial charge in [-0.3, -0.25) is 4.98 Å². The fourth-order valence-corrected chi connectivity index (χ4v) is 3.01. The summed E-state index contributed by atoms with van der Waals surface area (Å²) in [6.07, 6.45) is 5.05. The van der Waals surface area contributed by atoms with E-state index in [0.29, 0.717) is 12.6 Å². The molecule has 8 heteroatoms. The first-order valence-corrected chi connectivity index (χ1v) is 7.40. The number of hydrogen-bond donors (Lipinski definition) is 2. The van der Waals surface area contributed by atoms with Gasteiger partial charge in [-0.25, -0.2) is 17.5 Å². The summed E-state index contributed by atoms with van der Waals surface area (Å²) >= 11 is 0. The number of halogens is 2. The summed E-state index contributed by atoms with van der Waals surface area (Å²) < 4.78 is 39.0. The molecule has 1 saturated heterocycles. The molecule has 0 spiro atoms. The Morgan fingerprint density at radius 2 is 2.26 bits per heavy atom. The predicted octanol–water partition coefficient (Wildman–Crippen LogP) is 1.06. The lowest BCUT2D eigenvalue weighted by Gasteiger charge is -2.11. The highest BCUT2D eigenvalue weighted by Gasteiger charge is 2.17. The third kappa shape index (κ3) is 4.68. The van der Waals surface area contributed by atoms with Gasteiger partial charge in [0, 0.05) is 18.8 Å². The second-order valence-corrected chi connectivity index (χ2v) is 6.09. The highest BCUT2D eigenvalue weighted by molar-refractivity contribution is 7.89. The van der Waals surface area contributed by atoms with E-state index < -0.39 is 15.8 Å². The van der Waals surface area contributed by atoms with Crippen molar-refractivity contribution in [2.24, 2.45) is 0 Å². The van der Waals surface area contributed by atoms with Crippen LogP contribution in [-0.4, -0.2) is 32.5 Å². The summed E-state index contributed by atoms with van der Waals surface area (Å²) in [5.74, 6) is -0.657. The molecule has 5 nitrogen and oxygen atoms in total. The molecule has 0 saturated carbocycles. The fourth-order valence-electron chi connectivity index (χ4n) is 1.99. The van der Waals surface area contributed by atoms with E-state index in [9.17, 15) is 12.8 Å². The smallest absolute Gasteiger partial charge is 0.242 e. The molecular formula is C11H17ClFN3O2S. The molecule has 0 bridgehead atoms. The lowest BCUT2D eigenvalue weighted by atomic mass is 10.2. The molecule has 0 aromatic carbocycles. The van der Waals surface area contributed by atoms with Gasteiger partial charge in [0.25, 0.3) is 0 Å². The van der Waals surface area contributed by atoms with Crippen LogP contribution in [0.3, 0.4) is 0 Å². The number of hydrogen-bond acceptors (Lipinski definition) is 4.